The molecule has 1 aromatic carbocycles. The maximum Gasteiger partial charge on any atom is 0.224 e. The van der Waals surface area contributed by atoms with Gasteiger partial charge in [-0.3, -0.25) is 4.79 Å². The van der Waals surface area contributed by atoms with Gasteiger partial charge in [-0.1, -0.05) is 18.2 Å². The molecule has 0 atom stereocenters. The van der Waals surface area contributed by atoms with Crippen molar-refractivity contribution in [3.63, 3.8) is 0 Å². The van der Waals surface area contributed by atoms with Gasteiger partial charge >= 0.3 is 0 Å². The number of ether oxygens (including phenoxy) is 1. The van der Waals surface area contributed by atoms with E-state index in [1.807, 2.05) is 24.3 Å². The van der Waals surface area contributed by atoms with E-state index in [1.165, 1.54) is 12.8 Å². The molecule has 1 aliphatic rings. The van der Waals surface area contributed by atoms with Gasteiger partial charge in [-0.25, -0.2) is 0 Å². The van der Waals surface area contributed by atoms with Gasteiger partial charge in [0, 0.05) is 12.1 Å². The number of methoxy groups -OCH3 is 1. The molecule has 4 nitrogen and oxygen atoms in total. The van der Waals surface area contributed by atoms with Crippen LogP contribution in [0.1, 0.15) is 18.4 Å². The predicted octanol–water partition coefficient (Wildman–Crippen LogP) is 1.70. The molecule has 0 aromatic heterocycles. The monoisotopic (exact) mass is 276 g/mol. The second-order valence-electron chi connectivity index (χ2n) is 5.54. The van der Waals surface area contributed by atoms with Gasteiger partial charge < -0.3 is 15.0 Å². The summed E-state index contributed by atoms with van der Waals surface area (Å²) in [6, 6.07) is 7.68. The lowest BCUT2D eigenvalue weighted by atomic mass is 9.97. The zero-order valence-electron chi connectivity index (χ0n) is 12.4. The number of nitrogens with one attached hydrogen (secondary N) is 1. The van der Waals surface area contributed by atoms with E-state index in [-0.39, 0.29) is 5.91 Å². The van der Waals surface area contributed by atoms with E-state index in [0.717, 1.165) is 30.9 Å². The van der Waals surface area contributed by atoms with Crippen molar-refractivity contribution in [2.75, 3.05) is 33.8 Å². The summed E-state index contributed by atoms with van der Waals surface area (Å²) in [5.74, 6) is 1.48. The summed E-state index contributed by atoms with van der Waals surface area (Å²) in [5.41, 5.74) is 0.941. The van der Waals surface area contributed by atoms with Crippen molar-refractivity contribution in [3.8, 4) is 5.75 Å². The number of carbonyl (C=O) groups excluding carboxylic acids is 1. The van der Waals surface area contributed by atoms with Crippen molar-refractivity contribution in [2.45, 2.75) is 19.3 Å². The molecule has 0 radical (unpaired) electrons. The van der Waals surface area contributed by atoms with Crippen LogP contribution in [0.25, 0.3) is 0 Å². The lowest BCUT2D eigenvalue weighted by Crippen LogP contribution is -2.37. The van der Waals surface area contributed by atoms with Gasteiger partial charge in [-0.15, -0.1) is 0 Å². The van der Waals surface area contributed by atoms with E-state index in [1.54, 1.807) is 7.11 Å². The summed E-state index contributed by atoms with van der Waals surface area (Å²) in [6.07, 6.45) is 2.73. The quantitative estimate of drug-likeness (QED) is 0.890. The number of amides is 1. The van der Waals surface area contributed by atoms with E-state index in [9.17, 15) is 4.79 Å². The number of benzene rings is 1. The van der Waals surface area contributed by atoms with Crippen LogP contribution in [0.4, 0.5) is 0 Å². The molecule has 0 unspecified atom stereocenters. The normalized spacial score (nSPS) is 16.9. The van der Waals surface area contributed by atoms with Crippen LogP contribution in [0.2, 0.25) is 0 Å². The Hall–Kier alpha value is -1.55. The van der Waals surface area contributed by atoms with Crippen molar-refractivity contribution in [1.82, 2.24) is 10.2 Å². The van der Waals surface area contributed by atoms with Crippen molar-refractivity contribution in [2.24, 2.45) is 5.92 Å². The molecule has 0 saturated carbocycles. The average molecular weight is 276 g/mol. The van der Waals surface area contributed by atoms with Crippen LogP contribution < -0.4 is 10.1 Å². The molecule has 1 aliphatic heterocycles. The predicted molar refractivity (Wildman–Crippen MR) is 79.9 cm³/mol. The highest BCUT2D eigenvalue weighted by Crippen LogP contribution is 2.18. The standard InChI is InChI=1S/C16H24N2O2/c1-18-9-7-13(8-10-18)12-17-16(19)11-14-5-3-4-6-15(14)20-2/h3-6,13H,7-12H2,1-2H3,(H,17,19). The number of piperidine rings is 1. The highest BCUT2D eigenvalue weighted by Gasteiger charge is 2.17. The maximum atomic E-state index is 12.0. The number of carbonyl (C=O) groups is 1. The summed E-state index contributed by atoms with van der Waals surface area (Å²) >= 11 is 0. The van der Waals surface area contributed by atoms with Gasteiger partial charge in [0.15, 0.2) is 0 Å². The van der Waals surface area contributed by atoms with Crippen LogP contribution in [0.3, 0.4) is 0 Å². The molecule has 1 heterocycles. The number of rotatable bonds is 5. The van der Waals surface area contributed by atoms with Crippen LogP contribution in [0, 0.1) is 5.92 Å². The van der Waals surface area contributed by atoms with Crippen LogP contribution in [0.5, 0.6) is 5.75 Å². The van der Waals surface area contributed by atoms with Crippen LogP contribution in [0.15, 0.2) is 24.3 Å². The van der Waals surface area contributed by atoms with Crippen LogP contribution in [-0.2, 0) is 11.2 Å². The molecule has 0 bridgehead atoms. The minimum atomic E-state index is 0.0772. The summed E-state index contributed by atoms with van der Waals surface area (Å²) in [6.45, 7) is 3.06. The second kappa shape index (κ2) is 7.29. The van der Waals surface area contributed by atoms with Gasteiger partial charge in [0.05, 0.1) is 13.5 Å². The van der Waals surface area contributed by atoms with E-state index in [0.29, 0.717) is 12.3 Å². The molecule has 110 valence electrons. The molecule has 1 N–H and O–H groups in total. The van der Waals surface area contributed by atoms with Crippen molar-refractivity contribution in [1.29, 1.82) is 0 Å². The van der Waals surface area contributed by atoms with Gasteiger partial charge in [0.25, 0.3) is 0 Å². The molecule has 4 heteroatoms. The SMILES string of the molecule is COc1ccccc1CC(=O)NCC1CCN(C)CC1. The zero-order valence-corrected chi connectivity index (χ0v) is 12.4. The first-order chi connectivity index (χ1) is 9.69. The molecular formula is C16H24N2O2. The summed E-state index contributed by atoms with van der Waals surface area (Å²) in [7, 11) is 3.78. The number of likely N-dealkylation sites (tertiary alicyclic amines) is 1. The molecule has 2 rings (SSSR count). The Balaban J connectivity index is 1.78. The molecule has 1 saturated heterocycles. The topological polar surface area (TPSA) is 41.6 Å². The van der Waals surface area contributed by atoms with E-state index in [4.69, 9.17) is 4.74 Å². The third kappa shape index (κ3) is 4.23. The first-order valence-electron chi connectivity index (χ1n) is 7.26. The minimum absolute atomic E-state index is 0.0772. The molecular weight excluding hydrogens is 252 g/mol. The first kappa shape index (κ1) is 14.9. The van der Waals surface area contributed by atoms with Gasteiger partial charge in [0.1, 0.15) is 5.75 Å². The maximum absolute atomic E-state index is 12.0. The molecule has 1 amide bonds. The largest absolute Gasteiger partial charge is 0.496 e. The fourth-order valence-electron chi connectivity index (χ4n) is 2.61. The molecule has 20 heavy (non-hydrogen) atoms. The van der Waals surface area contributed by atoms with Crippen molar-refractivity contribution >= 4 is 5.91 Å². The highest BCUT2D eigenvalue weighted by atomic mass is 16.5. The number of nitrogens with zero attached hydrogens (tertiary/aromatic N) is 1. The number of para-hydroxylation sites is 1. The molecule has 0 spiro atoms. The fraction of sp³-hybridized carbons (Fsp3) is 0.562. The lowest BCUT2D eigenvalue weighted by molar-refractivity contribution is -0.120. The van der Waals surface area contributed by atoms with Gasteiger partial charge in [0.2, 0.25) is 5.91 Å². The van der Waals surface area contributed by atoms with E-state index < -0.39 is 0 Å². The molecule has 1 fully saturated rings. The Morgan fingerprint density at radius 3 is 2.75 bits per heavy atom. The second-order valence-corrected chi connectivity index (χ2v) is 5.54. The van der Waals surface area contributed by atoms with Crippen LogP contribution >= 0.6 is 0 Å². The highest BCUT2D eigenvalue weighted by molar-refractivity contribution is 5.79. The Kier molecular flexibility index (Phi) is 5.41. The van der Waals surface area contributed by atoms with E-state index >= 15 is 0 Å². The first-order valence-corrected chi connectivity index (χ1v) is 7.26. The van der Waals surface area contributed by atoms with Crippen molar-refractivity contribution < 1.29 is 9.53 Å². The molecule has 1 aromatic rings. The average Bonchev–Trinajstić information content (AvgIpc) is 2.47. The third-order valence-corrected chi connectivity index (χ3v) is 3.97. The van der Waals surface area contributed by atoms with Crippen LogP contribution in [-0.4, -0.2) is 44.6 Å². The Bertz CT molecular complexity index is 440. The van der Waals surface area contributed by atoms with Gasteiger partial charge in [-0.05, 0) is 45.0 Å². The number of hydrogen-bond donors (Lipinski definition) is 1. The van der Waals surface area contributed by atoms with Crippen molar-refractivity contribution in [3.05, 3.63) is 29.8 Å². The zero-order chi connectivity index (χ0) is 14.4. The van der Waals surface area contributed by atoms with Gasteiger partial charge in [-0.2, -0.15) is 0 Å². The van der Waals surface area contributed by atoms with E-state index in [2.05, 4.69) is 17.3 Å². The lowest BCUT2D eigenvalue weighted by Gasteiger charge is -2.28. The fourth-order valence-corrected chi connectivity index (χ4v) is 2.61. The Morgan fingerprint density at radius 2 is 2.05 bits per heavy atom. The summed E-state index contributed by atoms with van der Waals surface area (Å²) < 4.78 is 5.27. The minimum Gasteiger partial charge on any atom is -0.496 e. The third-order valence-electron chi connectivity index (χ3n) is 3.97. The number of hydrogen-bond acceptors (Lipinski definition) is 3. The Morgan fingerprint density at radius 1 is 1.35 bits per heavy atom. The summed E-state index contributed by atoms with van der Waals surface area (Å²) in [4.78, 5) is 14.4. The summed E-state index contributed by atoms with van der Waals surface area (Å²) in [5, 5.41) is 3.05. The molecule has 0 aliphatic carbocycles. The smallest absolute Gasteiger partial charge is 0.224 e. The Labute approximate surface area is 121 Å².